The monoisotopic (exact) mass is 211 g/mol. The molecule has 0 saturated heterocycles. The van der Waals surface area contributed by atoms with Gasteiger partial charge in [0.2, 0.25) is 0 Å². The summed E-state index contributed by atoms with van der Waals surface area (Å²) in [5, 5.41) is 0. The van der Waals surface area contributed by atoms with Gasteiger partial charge in [0.25, 0.3) is 0 Å². The van der Waals surface area contributed by atoms with Gasteiger partial charge >= 0.3 is 7.82 Å². The Kier molecular flexibility index (Phi) is 7.51. The molecule has 6 heteroatoms. The average Bonchev–Trinajstić information content (AvgIpc) is 2.11. The van der Waals surface area contributed by atoms with E-state index in [2.05, 4.69) is 9.05 Å². The van der Waals surface area contributed by atoms with Crippen LogP contribution >= 0.6 is 7.82 Å². The van der Waals surface area contributed by atoms with Crippen molar-refractivity contribution in [2.45, 2.75) is 25.7 Å². The Hall–Kier alpha value is 0.0700. The van der Waals surface area contributed by atoms with E-state index in [-0.39, 0.29) is 6.61 Å². The minimum Gasteiger partial charge on any atom is -0.330 e. The molecule has 0 radical (unpaired) electrons. The third-order valence-electron chi connectivity index (χ3n) is 1.58. The van der Waals surface area contributed by atoms with E-state index in [0.29, 0.717) is 6.54 Å². The van der Waals surface area contributed by atoms with Crippen LogP contribution in [0, 0.1) is 0 Å². The van der Waals surface area contributed by atoms with Crippen molar-refractivity contribution in [2.75, 3.05) is 20.3 Å². The van der Waals surface area contributed by atoms with Crippen LogP contribution in [0.4, 0.5) is 0 Å². The van der Waals surface area contributed by atoms with Crippen LogP contribution < -0.4 is 5.73 Å². The second kappa shape index (κ2) is 7.47. The largest absolute Gasteiger partial charge is 0.471 e. The second-order valence-corrected chi connectivity index (χ2v) is 4.25. The van der Waals surface area contributed by atoms with Crippen LogP contribution in [0.5, 0.6) is 0 Å². The summed E-state index contributed by atoms with van der Waals surface area (Å²) in [5.74, 6) is 0. The van der Waals surface area contributed by atoms with Gasteiger partial charge in [-0.3, -0.25) is 9.05 Å². The molecule has 0 heterocycles. The fourth-order valence-corrected chi connectivity index (χ4v) is 1.30. The Balaban J connectivity index is 3.21. The van der Waals surface area contributed by atoms with Gasteiger partial charge in [-0.1, -0.05) is 12.8 Å². The fraction of sp³-hybridized carbons (Fsp3) is 1.00. The highest BCUT2D eigenvalue weighted by molar-refractivity contribution is 7.47. The molecular formula is C7H18NO4P. The standard InChI is InChI=1S/C7H18NO4P/c1-11-13(9,10)12-7-5-3-2-4-6-8/h2-8H2,1H3,(H,9,10). The van der Waals surface area contributed by atoms with Gasteiger partial charge in [0.05, 0.1) is 6.61 Å². The van der Waals surface area contributed by atoms with Gasteiger partial charge in [0, 0.05) is 7.11 Å². The van der Waals surface area contributed by atoms with Gasteiger partial charge in [-0.25, -0.2) is 4.57 Å². The summed E-state index contributed by atoms with van der Waals surface area (Å²) in [5.41, 5.74) is 5.30. The van der Waals surface area contributed by atoms with Crippen LogP contribution in [0.15, 0.2) is 0 Å². The molecule has 0 aliphatic heterocycles. The first-order valence-corrected chi connectivity index (χ1v) is 5.85. The molecule has 0 aromatic rings. The SMILES string of the molecule is COP(=O)(O)OCCCCCCN. The van der Waals surface area contributed by atoms with Crippen molar-refractivity contribution in [1.29, 1.82) is 0 Å². The predicted molar refractivity (Wildman–Crippen MR) is 50.3 cm³/mol. The first-order chi connectivity index (χ1) is 6.12. The summed E-state index contributed by atoms with van der Waals surface area (Å²) >= 11 is 0. The van der Waals surface area contributed by atoms with Crippen molar-refractivity contribution in [1.82, 2.24) is 0 Å². The van der Waals surface area contributed by atoms with E-state index < -0.39 is 7.82 Å². The molecule has 0 bridgehead atoms. The maximum atomic E-state index is 10.8. The number of hydrogen-bond donors (Lipinski definition) is 2. The molecule has 0 amide bonds. The molecule has 0 saturated carbocycles. The smallest absolute Gasteiger partial charge is 0.330 e. The molecular weight excluding hydrogens is 193 g/mol. The van der Waals surface area contributed by atoms with E-state index in [0.717, 1.165) is 32.8 Å². The van der Waals surface area contributed by atoms with Crippen molar-refractivity contribution in [3.8, 4) is 0 Å². The molecule has 0 aliphatic carbocycles. The molecule has 0 aromatic heterocycles. The van der Waals surface area contributed by atoms with E-state index in [1.807, 2.05) is 0 Å². The molecule has 1 atom stereocenters. The van der Waals surface area contributed by atoms with Gasteiger partial charge in [-0.15, -0.1) is 0 Å². The molecule has 5 nitrogen and oxygen atoms in total. The van der Waals surface area contributed by atoms with Crippen LogP contribution in [-0.2, 0) is 13.6 Å². The van der Waals surface area contributed by atoms with Crippen molar-refractivity contribution in [3.05, 3.63) is 0 Å². The summed E-state index contributed by atoms with van der Waals surface area (Å²) in [6.45, 7) is 0.948. The summed E-state index contributed by atoms with van der Waals surface area (Å²) in [4.78, 5) is 8.82. The van der Waals surface area contributed by atoms with Crippen LogP contribution in [0.2, 0.25) is 0 Å². The maximum Gasteiger partial charge on any atom is 0.471 e. The maximum absolute atomic E-state index is 10.8. The highest BCUT2D eigenvalue weighted by atomic mass is 31.2. The van der Waals surface area contributed by atoms with E-state index in [1.165, 1.54) is 0 Å². The zero-order chi connectivity index (χ0) is 10.2. The Morgan fingerprint density at radius 1 is 1.31 bits per heavy atom. The molecule has 0 spiro atoms. The summed E-state index contributed by atoms with van der Waals surface area (Å²) < 4.78 is 19.6. The quantitative estimate of drug-likeness (QED) is 0.466. The van der Waals surface area contributed by atoms with Crippen molar-refractivity contribution in [3.63, 3.8) is 0 Å². The molecule has 0 rings (SSSR count). The second-order valence-electron chi connectivity index (χ2n) is 2.69. The summed E-state index contributed by atoms with van der Waals surface area (Å²) in [6.07, 6.45) is 3.73. The van der Waals surface area contributed by atoms with Gasteiger partial charge in [0.15, 0.2) is 0 Å². The van der Waals surface area contributed by atoms with Crippen molar-refractivity contribution >= 4 is 7.82 Å². The molecule has 0 aliphatic rings. The van der Waals surface area contributed by atoms with Crippen molar-refractivity contribution in [2.24, 2.45) is 5.73 Å². The predicted octanol–water partition coefficient (Wildman–Crippen LogP) is 1.27. The number of unbranched alkanes of at least 4 members (excludes halogenated alkanes) is 3. The zero-order valence-corrected chi connectivity index (χ0v) is 8.83. The number of phosphoric acid groups is 1. The van der Waals surface area contributed by atoms with Crippen LogP contribution in [-0.4, -0.2) is 25.2 Å². The van der Waals surface area contributed by atoms with E-state index in [1.54, 1.807) is 0 Å². The Labute approximate surface area is 78.8 Å². The van der Waals surface area contributed by atoms with Gasteiger partial charge in [0.1, 0.15) is 0 Å². The summed E-state index contributed by atoms with van der Waals surface area (Å²) in [7, 11) is -2.61. The molecule has 1 unspecified atom stereocenters. The van der Waals surface area contributed by atoms with E-state index in [9.17, 15) is 4.57 Å². The van der Waals surface area contributed by atoms with Crippen LogP contribution in [0.3, 0.4) is 0 Å². The molecule has 13 heavy (non-hydrogen) atoms. The van der Waals surface area contributed by atoms with Crippen molar-refractivity contribution < 1.29 is 18.5 Å². The molecule has 0 aromatic carbocycles. The first kappa shape index (κ1) is 13.1. The Morgan fingerprint density at radius 2 is 1.92 bits per heavy atom. The topological polar surface area (TPSA) is 81.8 Å². The van der Waals surface area contributed by atoms with Crippen LogP contribution in [0.1, 0.15) is 25.7 Å². The van der Waals surface area contributed by atoms with Crippen LogP contribution in [0.25, 0.3) is 0 Å². The number of phosphoric ester groups is 1. The van der Waals surface area contributed by atoms with Gasteiger partial charge in [-0.2, -0.15) is 0 Å². The Bertz CT molecular complexity index is 165. The lowest BCUT2D eigenvalue weighted by Crippen LogP contribution is -1.99. The third-order valence-corrected chi connectivity index (χ3v) is 2.55. The highest BCUT2D eigenvalue weighted by Gasteiger charge is 2.16. The van der Waals surface area contributed by atoms with Gasteiger partial charge < -0.3 is 10.6 Å². The molecule has 0 fully saturated rings. The number of rotatable bonds is 8. The minimum atomic E-state index is -3.75. The lowest BCUT2D eigenvalue weighted by molar-refractivity contribution is 0.170. The number of hydrogen-bond acceptors (Lipinski definition) is 4. The fourth-order valence-electron chi connectivity index (χ4n) is 0.833. The minimum absolute atomic E-state index is 0.256. The molecule has 3 N–H and O–H groups in total. The Morgan fingerprint density at radius 3 is 2.46 bits per heavy atom. The number of nitrogens with two attached hydrogens (primary N) is 1. The lowest BCUT2D eigenvalue weighted by Gasteiger charge is -2.08. The first-order valence-electron chi connectivity index (χ1n) is 4.35. The molecule has 80 valence electrons. The lowest BCUT2D eigenvalue weighted by atomic mass is 10.2. The average molecular weight is 211 g/mol. The van der Waals surface area contributed by atoms with E-state index in [4.69, 9.17) is 10.6 Å². The third kappa shape index (κ3) is 8.40. The van der Waals surface area contributed by atoms with Gasteiger partial charge in [-0.05, 0) is 19.4 Å². The summed E-state index contributed by atoms with van der Waals surface area (Å²) in [6, 6.07) is 0. The normalized spacial score (nSPS) is 15.6. The zero-order valence-electron chi connectivity index (χ0n) is 7.94. The van der Waals surface area contributed by atoms with E-state index >= 15 is 0 Å². The highest BCUT2D eigenvalue weighted by Crippen LogP contribution is 2.41.